The van der Waals surface area contributed by atoms with Crippen LogP contribution in [0.3, 0.4) is 0 Å². The van der Waals surface area contributed by atoms with Crippen LogP contribution < -0.4 is 5.32 Å². The quantitative estimate of drug-likeness (QED) is 0.738. The zero-order valence-corrected chi connectivity index (χ0v) is 10.6. The standard InChI is InChI=1S/C14H26N2/c1-2-3-10-16-11-9-15-12-14(16)13-7-5-4-6-8-13/h2-3,13-15H,4-12H2,1H3/b3-2+. The monoisotopic (exact) mass is 222 g/mol. The van der Waals surface area contributed by atoms with Crippen LogP contribution in [0.25, 0.3) is 0 Å². The number of allylic oxidation sites excluding steroid dienone is 1. The number of piperazine rings is 1. The summed E-state index contributed by atoms with van der Waals surface area (Å²) in [6.45, 7) is 6.88. The van der Waals surface area contributed by atoms with E-state index in [1.807, 2.05) is 0 Å². The zero-order valence-electron chi connectivity index (χ0n) is 10.6. The first-order chi connectivity index (χ1) is 7.92. The van der Waals surface area contributed by atoms with Crippen molar-refractivity contribution in [1.29, 1.82) is 0 Å². The summed E-state index contributed by atoms with van der Waals surface area (Å²) in [6.07, 6.45) is 11.8. The molecule has 92 valence electrons. The van der Waals surface area contributed by atoms with Gasteiger partial charge < -0.3 is 5.32 Å². The fourth-order valence-electron chi connectivity index (χ4n) is 3.22. The molecule has 1 aliphatic carbocycles. The summed E-state index contributed by atoms with van der Waals surface area (Å²) in [7, 11) is 0. The average molecular weight is 222 g/mol. The van der Waals surface area contributed by atoms with Crippen molar-refractivity contribution in [3.05, 3.63) is 12.2 Å². The summed E-state index contributed by atoms with van der Waals surface area (Å²) in [6, 6.07) is 0.797. The molecule has 2 fully saturated rings. The summed E-state index contributed by atoms with van der Waals surface area (Å²) in [4.78, 5) is 2.69. The first-order valence-corrected chi connectivity index (χ1v) is 6.97. The molecule has 0 aromatic rings. The smallest absolute Gasteiger partial charge is 0.0252 e. The summed E-state index contributed by atoms with van der Waals surface area (Å²) in [5.41, 5.74) is 0. The highest BCUT2D eigenvalue weighted by Gasteiger charge is 2.29. The largest absolute Gasteiger partial charge is 0.314 e. The minimum Gasteiger partial charge on any atom is -0.314 e. The van der Waals surface area contributed by atoms with Gasteiger partial charge in [-0.05, 0) is 25.7 Å². The van der Waals surface area contributed by atoms with E-state index >= 15 is 0 Å². The molecule has 16 heavy (non-hydrogen) atoms. The predicted molar refractivity (Wildman–Crippen MR) is 69.6 cm³/mol. The number of nitrogens with one attached hydrogen (secondary N) is 1. The van der Waals surface area contributed by atoms with Gasteiger partial charge in [0.05, 0.1) is 0 Å². The third-order valence-corrected chi connectivity index (χ3v) is 4.17. The topological polar surface area (TPSA) is 15.3 Å². The fourth-order valence-corrected chi connectivity index (χ4v) is 3.22. The lowest BCUT2D eigenvalue weighted by atomic mass is 9.82. The van der Waals surface area contributed by atoms with Crippen molar-refractivity contribution in [3.63, 3.8) is 0 Å². The third kappa shape index (κ3) is 3.08. The predicted octanol–water partition coefficient (Wildman–Crippen LogP) is 2.42. The Labute approximate surface area is 100 Å². The van der Waals surface area contributed by atoms with Crippen LogP contribution in [0.2, 0.25) is 0 Å². The van der Waals surface area contributed by atoms with Gasteiger partial charge in [-0.3, -0.25) is 4.90 Å². The normalized spacial score (nSPS) is 29.9. The molecule has 1 saturated carbocycles. The fraction of sp³-hybridized carbons (Fsp3) is 0.857. The second-order valence-electron chi connectivity index (χ2n) is 5.23. The average Bonchev–Trinajstić information content (AvgIpc) is 2.38. The van der Waals surface area contributed by atoms with Crippen LogP contribution >= 0.6 is 0 Å². The van der Waals surface area contributed by atoms with E-state index in [1.165, 1.54) is 51.7 Å². The van der Waals surface area contributed by atoms with E-state index in [9.17, 15) is 0 Å². The van der Waals surface area contributed by atoms with Crippen molar-refractivity contribution in [2.24, 2.45) is 5.92 Å². The first kappa shape index (κ1) is 12.1. The van der Waals surface area contributed by atoms with Crippen molar-refractivity contribution < 1.29 is 0 Å². The molecule has 2 rings (SSSR count). The minimum absolute atomic E-state index is 0.797. The second kappa shape index (κ2) is 6.41. The lowest BCUT2D eigenvalue weighted by Crippen LogP contribution is -2.54. The van der Waals surface area contributed by atoms with Gasteiger partial charge in [0.1, 0.15) is 0 Å². The van der Waals surface area contributed by atoms with E-state index in [4.69, 9.17) is 0 Å². The van der Waals surface area contributed by atoms with Crippen LogP contribution in [0.15, 0.2) is 12.2 Å². The maximum atomic E-state index is 3.57. The third-order valence-electron chi connectivity index (χ3n) is 4.17. The summed E-state index contributed by atoms with van der Waals surface area (Å²) >= 11 is 0. The molecular weight excluding hydrogens is 196 g/mol. The van der Waals surface area contributed by atoms with Crippen LogP contribution in [-0.2, 0) is 0 Å². The Morgan fingerprint density at radius 3 is 2.81 bits per heavy atom. The highest BCUT2D eigenvalue weighted by molar-refractivity contribution is 4.91. The van der Waals surface area contributed by atoms with Crippen LogP contribution in [-0.4, -0.2) is 37.1 Å². The van der Waals surface area contributed by atoms with Gasteiger partial charge in [-0.1, -0.05) is 31.4 Å². The van der Waals surface area contributed by atoms with Crippen molar-refractivity contribution in [2.75, 3.05) is 26.2 Å². The zero-order chi connectivity index (χ0) is 11.2. The molecular formula is C14H26N2. The lowest BCUT2D eigenvalue weighted by molar-refractivity contribution is 0.104. The van der Waals surface area contributed by atoms with Crippen molar-refractivity contribution in [3.8, 4) is 0 Å². The van der Waals surface area contributed by atoms with Crippen LogP contribution in [0, 0.1) is 5.92 Å². The highest BCUT2D eigenvalue weighted by atomic mass is 15.2. The molecule has 1 unspecified atom stereocenters. The first-order valence-electron chi connectivity index (χ1n) is 6.97. The van der Waals surface area contributed by atoms with Crippen LogP contribution in [0.1, 0.15) is 39.0 Å². The molecule has 0 aromatic heterocycles. The summed E-state index contributed by atoms with van der Waals surface area (Å²) in [5.74, 6) is 0.951. The maximum Gasteiger partial charge on any atom is 0.0252 e. The molecule has 2 heteroatoms. The SMILES string of the molecule is C/C=C/CN1CCNCC1C1CCCCC1. The Balaban J connectivity index is 1.91. The lowest BCUT2D eigenvalue weighted by Gasteiger charge is -2.41. The van der Waals surface area contributed by atoms with Crippen molar-refractivity contribution in [1.82, 2.24) is 10.2 Å². The van der Waals surface area contributed by atoms with Crippen LogP contribution in [0.5, 0.6) is 0 Å². The van der Waals surface area contributed by atoms with Gasteiger partial charge in [0.25, 0.3) is 0 Å². The number of hydrogen-bond donors (Lipinski definition) is 1. The van der Waals surface area contributed by atoms with E-state index < -0.39 is 0 Å². The molecule has 2 aliphatic rings. The number of nitrogens with zero attached hydrogens (tertiary/aromatic N) is 1. The Morgan fingerprint density at radius 1 is 1.25 bits per heavy atom. The van der Waals surface area contributed by atoms with Crippen molar-refractivity contribution in [2.45, 2.75) is 45.1 Å². The second-order valence-corrected chi connectivity index (χ2v) is 5.23. The van der Waals surface area contributed by atoms with Gasteiger partial charge in [0, 0.05) is 32.2 Å². The Bertz CT molecular complexity index is 219. The Morgan fingerprint density at radius 2 is 2.06 bits per heavy atom. The van der Waals surface area contributed by atoms with E-state index in [2.05, 4.69) is 29.3 Å². The molecule has 1 heterocycles. The molecule has 1 saturated heterocycles. The molecule has 0 bridgehead atoms. The molecule has 0 amide bonds. The van der Waals surface area contributed by atoms with E-state index in [0.29, 0.717) is 0 Å². The van der Waals surface area contributed by atoms with Gasteiger partial charge in [-0.25, -0.2) is 0 Å². The van der Waals surface area contributed by atoms with E-state index in [0.717, 1.165) is 18.5 Å². The van der Waals surface area contributed by atoms with Gasteiger partial charge in [-0.2, -0.15) is 0 Å². The van der Waals surface area contributed by atoms with Gasteiger partial charge in [-0.15, -0.1) is 0 Å². The highest BCUT2D eigenvalue weighted by Crippen LogP contribution is 2.29. The van der Waals surface area contributed by atoms with Crippen LogP contribution in [0.4, 0.5) is 0 Å². The molecule has 0 spiro atoms. The van der Waals surface area contributed by atoms with Gasteiger partial charge in [0.2, 0.25) is 0 Å². The Hall–Kier alpha value is -0.340. The van der Waals surface area contributed by atoms with Crippen molar-refractivity contribution >= 4 is 0 Å². The number of rotatable bonds is 3. The van der Waals surface area contributed by atoms with Gasteiger partial charge in [0.15, 0.2) is 0 Å². The van der Waals surface area contributed by atoms with E-state index in [1.54, 1.807) is 0 Å². The summed E-state index contributed by atoms with van der Waals surface area (Å²) < 4.78 is 0. The molecule has 1 aliphatic heterocycles. The molecule has 1 N–H and O–H groups in total. The summed E-state index contributed by atoms with van der Waals surface area (Å²) in [5, 5.41) is 3.57. The molecule has 1 atom stereocenters. The maximum absolute atomic E-state index is 3.57. The van der Waals surface area contributed by atoms with E-state index in [-0.39, 0.29) is 0 Å². The van der Waals surface area contributed by atoms with Gasteiger partial charge >= 0.3 is 0 Å². The Kier molecular flexibility index (Phi) is 4.86. The molecule has 0 aromatic carbocycles. The minimum atomic E-state index is 0.797. The molecule has 2 nitrogen and oxygen atoms in total. The number of hydrogen-bond acceptors (Lipinski definition) is 2. The molecule has 0 radical (unpaired) electrons.